The van der Waals surface area contributed by atoms with E-state index in [0.717, 1.165) is 6.42 Å². The van der Waals surface area contributed by atoms with Crippen LogP contribution in [0.2, 0.25) is 0 Å². The van der Waals surface area contributed by atoms with E-state index in [1.165, 1.54) is 5.56 Å². The van der Waals surface area contributed by atoms with Crippen LogP contribution < -0.4 is 0 Å². The minimum Gasteiger partial charge on any atom is -0.336 e. The Labute approximate surface area is 139 Å². The second kappa shape index (κ2) is 7.04. The standard InChI is InChI=1S/C18H27NO3S/c1-13(2)11-23(21,22)12-18(20)19-14(3)10-17(15(19)4)16-8-6-5-7-9-16/h5-9,13-15,17H,10-12H2,1-4H3/t14-,15-,17+/m1/s1. The summed E-state index contributed by atoms with van der Waals surface area (Å²) in [4.78, 5) is 14.4. The lowest BCUT2D eigenvalue weighted by Crippen LogP contribution is -2.43. The van der Waals surface area contributed by atoms with E-state index in [0.29, 0.717) is 0 Å². The first kappa shape index (κ1) is 18.0. The quantitative estimate of drug-likeness (QED) is 0.830. The zero-order chi connectivity index (χ0) is 17.2. The first-order chi connectivity index (χ1) is 10.7. The number of sulfone groups is 1. The molecule has 4 nitrogen and oxygen atoms in total. The summed E-state index contributed by atoms with van der Waals surface area (Å²) in [6.07, 6.45) is 0.876. The van der Waals surface area contributed by atoms with Gasteiger partial charge in [-0.15, -0.1) is 0 Å². The molecule has 1 amide bonds. The number of likely N-dealkylation sites (tertiary alicyclic amines) is 1. The molecule has 5 heteroatoms. The Balaban J connectivity index is 2.12. The van der Waals surface area contributed by atoms with Crippen molar-refractivity contribution in [2.75, 3.05) is 11.5 Å². The summed E-state index contributed by atoms with van der Waals surface area (Å²) in [5.74, 6) is -0.260. The van der Waals surface area contributed by atoms with Crippen molar-refractivity contribution < 1.29 is 13.2 Å². The molecule has 1 aliphatic heterocycles. The first-order valence-corrected chi connectivity index (χ1v) is 10.1. The highest BCUT2D eigenvalue weighted by molar-refractivity contribution is 7.92. The molecule has 2 rings (SSSR count). The highest BCUT2D eigenvalue weighted by Crippen LogP contribution is 2.37. The summed E-state index contributed by atoms with van der Waals surface area (Å²) in [6, 6.07) is 10.2. The number of carbonyl (C=O) groups is 1. The van der Waals surface area contributed by atoms with E-state index < -0.39 is 9.84 Å². The second-order valence-corrected chi connectivity index (χ2v) is 9.20. The van der Waals surface area contributed by atoms with Crippen molar-refractivity contribution in [2.45, 2.75) is 52.1 Å². The molecule has 128 valence electrons. The van der Waals surface area contributed by atoms with Crippen molar-refractivity contribution in [1.82, 2.24) is 4.90 Å². The Morgan fingerprint density at radius 3 is 2.39 bits per heavy atom. The van der Waals surface area contributed by atoms with Gasteiger partial charge in [0.2, 0.25) is 5.91 Å². The molecular weight excluding hydrogens is 310 g/mol. The molecule has 1 aliphatic rings. The topological polar surface area (TPSA) is 54.5 Å². The van der Waals surface area contributed by atoms with Gasteiger partial charge in [0.25, 0.3) is 0 Å². The van der Waals surface area contributed by atoms with Gasteiger partial charge in [0, 0.05) is 18.0 Å². The summed E-state index contributed by atoms with van der Waals surface area (Å²) < 4.78 is 24.3. The van der Waals surface area contributed by atoms with Crippen molar-refractivity contribution in [3.8, 4) is 0 Å². The lowest BCUT2D eigenvalue weighted by atomic mass is 9.92. The Bertz CT molecular complexity index is 639. The summed E-state index contributed by atoms with van der Waals surface area (Å²) >= 11 is 0. The molecule has 0 spiro atoms. The molecular formula is C18H27NO3S. The molecule has 23 heavy (non-hydrogen) atoms. The molecule has 1 saturated heterocycles. The van der Waals surface area contributed by atoms with E-state index in [4.69, 9.17) is 0 Å². The molecule has 0 unspecified atom stereocenters. The largest absolute Gasteiger partial charge is 0.336 e. The number of amides is 1. The van der Waals surface area contributed by atoms with E-state index in [1.54, 1.807) is 4.90 Å². The monoisotopic (exact) mass is 337 g/mol. The van der Waals surface area contributed by atoms with Crippen molar-refractivity contribution in [1.29, 1.82) is 0 Å². The fourth-order valence-corrected chi connectivity index (χ4v) is 5.35. The number of rotatable bonds is 5. The fraction of sp³-hybridized carbons (Fsp3) is 0.611. The van der Waals surface area contributed by atoms with E-state index in [2.05, 4.69) is 12.1 Å². The van der Waals surface area contributed by atoms with Gasteiger partial charge < -0.3 is 4.90 Å². The number of hydrogen-bond acceptors (Lipinski definition) is 3. The second-order valence-electron chi connectivity index (χ2n) is 7.09. The van der Waals surface area contributed by atoms with Crippen LogP contribution in [0.1, 0.15) is 45.6 Å². The van der Waals surface area contributed by atoms with Crippen molar-refractivity contribution in [3.05, 3.63) is 35.9 Å². The Hall–Kier alpha value is -1.36. The maximum absolute atomic E-state index is 12.6. The number of carbonyl (C=O) groups excluding carboxylic acids is 1. The van der Waals surface area contributed by atoms with E-state index in [1.807, 2.05) is 45.9 Å². The minimum absolute atomic E-state index is 0.0224. The third kappa shape index (κ3) is 4.34. The highest BCUT2D eigenvalue weighted by atomic mass is 32.2. The van der Waals surface area contributed by atoms with Crippen molar-refractivity contribution >= 4 is 15.7 Å². The lowest BCUT2D eigenvalue weighted by molar-refractivity contribution is -0.130. The highest BCUT2D eigenvalue weighted by Gasteiger charge is 2.40. The van der Waals surface area contributed by atoms with Gasteiger partial charge in [-0.05, 0) is 31.7 Å². The van der Waals surface area contributed by atoms with Gasteiger partial charge in [-0.25, -0.2) is 8.42 Å². The van der Waals surface area contributed by atoms with Crippen LogP contribution in [0.4, 0.5) is 0 Å². The van der Waals surface area contributed by atoms with Crippen LogP contribution in [0.15, 0.2) is 30.3 Å². The normalized spacial score (nSPS) is 25.1. The lowest BCUT2D eigenvalue weighted by Gasteiger charge is -2.28. The van der Waals surface area contributed by atoms with E-state index >= 15 is 0 Å². The van der Waals surface area contributed by atoms with Gasteiger partial charge in [-0.2, -0.15) is 0 Å². The average Bonchev–Trinajstić information content (AvgIpc) is 2.72. The molecule has 1 aromatic rings. The molecule has 3 atom stereocenters. The maximum Gasteiger partial charge on any atom is 0.238 e. The zero-order valence-corrected chi connectivity index (χ0v) is 15.2. The number of hydrogen-bond donors (Lipinski definition) is 0. The molecule has 0 N–H and O–H groups in total. The first-order valence-electron chi connectivity index (χ1n) is 8.28. The molecule has 0 aromatic heterocycles. The van der Waals surface area contributed by atoms with Crippen LogP contribution in [-0.4, -0.2) is 42.8 Å². The van der Waals surface area contributed by atoms with Gasteiger partial charge in [0.15, 0.2) is 9.84 Å². The Morgan fingerprint density at radius 2 is 1.83 bits per heavy atom. The van der Waals surface area contributed by atoms with Crippen LogP contribution >= 0.6 is 0 Å². The van der Waals surface area contributed by atoms with Crippen LogP contribution in [0, 0.1) is 5.92 Å². The summed E-state index contributed by atoms with van der Waals surface area (Å²) in [5, 5.41) is 0. The van der Waals surface area contributed by atoms with Crippen molar-refractivity contribution in [2.24, 2.45) is 5.92 Å². The van der Waals surface area contributed by atoms with Crippen LogP contribution in [0.25, 0.3) is 0 Å². The minimum atomic E-state index is -3.34. The molecule has 1 fully saturated rings. The molecule has 0 bridgehead atoms. The molecule has 0 aliphatic carbocycles. The fourth-order valence-electron chi connectivity index (χ4n) is 3.69. The molecule has 0 saturated carbocycles. The number of nitrogens with zero attached hydrogens (tertiary/aromatic N) is 1. The Morgan fingerprint density at radius 1 is 1.22 bits per heavy atom. The third-order valence-electron chi connectivity index (χ3n) is 4.54. The van der Waals surface area contributed by atoms with Gasteiger partial charge >= 0.3 is 0 Å². The van der Waals surface area contributed by atoms with E-state index in [-0.39, 0.29) is 41.3 Å². The SMILES string of the molecule is CC(C)CS(=O)(=O)CC(=O)N1[C@H](C)C[C@H](c2ccccc2)[C@H]1C. The molecule has 1 heterocycles. The smallest absolute Gasteiger partial charge is 0.238 e. The molecule has 0 radical (unpaired) electrons. The van der Waals surface area contributed by atoms with Crippen LogP contribution in [0.5, 0.6) is 0 Å². The maximum atomic E-state index is 12.6. The van der Waals surface area contributed by atoms with Gasteiger partial charge in [-0.3, -0.25) is 4.79 Å². The molecule has 1 aromatic carbocycles. The summed E-state index contributed by atoms with van der Waals surface area (Å²) in [7, 11) is -3.34. The predicted octanol–water partition coefficient (Wildman–Crippen LogP) is 2.85. The van der Waals surface area contributed by atoms with Gasteiger partial charge in [0.05, 0.1) is 5.75 Å². The summed E-state index contributed by atoms with van der Waals surface area (Å²) in [5.41, 5.74) is 1.21. The van der Waals surface area contributed by atoms with Gasteiger partial charge in [-0.1, -0.05) is 44.2 Å². The number of benzene rings is 1. The average molecular weight is 337 g/mol. The Kier molecular flexibility index (Phi) is 5.50. The zero-order valence-electron chi connectivity index (χ0n) is 14.4. The summed E-state index contributed by atoms with van der Waals surface area (Å²) in [6.45, 7) is 7.74. The predicted molar refractivity (Wildman–Crippen MR) is 93.1 cm³/mol. The van der Waals surface area contributed by atoms with Crippen LogP contribution in [0.3, 0.4) is 0 Å². The van der Waals surface area contributed by atoms with Crippen LogP contribution in [-0.2, 0) is 14.6 Å². The van der Waals surface area contributed by atoms with Crippen molar-refractivity contribution in [3.63, 3.8) is 0 Å². The van der Waals surface area contributed by atoms with Gasteiger partial charge in [0.1, 0.15) is 5.75 Å². The van der Waals surface area contributed by atoms with E-state index in [9.17, 15) is 13.2 Å². The third-order valence-corrected chi connectivity index (χ3v) is 6.40.